The van der Waals surface area contributed by atoms with E-state index in [1.807, 2.05) is 60.7 Å². The number of nitrogens with two attached hydrogens (primary N) is 1. The first-order valence-corrected chi connectivity index (χ1v) is 11.1. The minimum Gasteiger partial charge on any atom is -0.457 e. The molecule has 1 aromatic heterocycles. The lowest BCUT2D eigenvalue weighted by atomic mass is 10.00. The van der Waals surface area contributed by atoms with Crippen molar-refractivity contribution in [3.63, 3.8) is 0 Å². The molecule has 1 amide bonds. The Bertz CT molecular complexity index is 1470. The van der Waals surface area contributed by atoms with Gasteiger partial charge in [-0.1, -0.05) is 56.3 Å². The van der Waals surface area contributed by atoms with Crippen LogP contribution in [0.4, 0.5) is 0 Å². The van der Waals surface area contributed by atoms with E-state index in [4.69, 9.17) is 10.5 Å². The summed E-state index contributed by atoms with van der Waals surface area (Å²) in [4.78, 5) is 12.2. The van der Waals surface area contributed by atoms with Crippen LogP contribution < -0.4 is 10.5 Å². The van der Waals surface area contributed by atoms with Crippen LogP contribution in [0.1, 0.15) is 41.3 Å². The summed E-state index contributed by atoms with van der Waals surface area (Å²) in [6.45, 7) is 4.96. The van der Waals surface area contributed by atoms with Crippen molar-refractivity contribution in [2.24, 2.45) is 5.73 Å². The van der Waals surface area contributed by atoms with Gasteiger partial charge < -0.3 is 15.0 Å². The van der Waals surface area contributed by atoms with E-state index in [-0.39, 0.29) is 0 Å². The van der Waals surface area contributed by atoms with Gasteiger partial charge in [-0.05, 0) is 65.6 Å². The van der Waals surface area contributed by atoms with E-state index in [0.717, 1.165) is 38.9 Å². The number of hydrogen-bond acceptors (Lipinski definition) is 2. The molecule has 5 rings (SSSR count). The molecule has 0 fully saturated rings. The maximum absolute atomic E-state index is 12.2. The topological polar surface area (TPSA) is 57.2 Å². The van der Waals surface area contributed by atoms with E-state index in [1.165, 1.54) is 5.56 Å². The normalized spacial score (nSPS) is 11.4. The molecule has 0 saturated carbocycles. The van der Waals surface area contributed by atoms with Crippen LogP contribution in [0.2, 0.25) is 0 Å². The molecule has 4 aromatic carbocycles. The smallest absolute Gasteiger partial charge is 0.249 e. The van der Waals surface area contributed by atoms with Crippen LogP contribution >= 0.6 is 0 Å². The minimum atomic E-state index is -0.431. The van der Waals surface area contributed by atoms with E-state index in [2.05, 4.69) is 42.7 Å². The molecule has 0 spiro atoms. The van der Waals surface area contributed by atoms with E-state index in [9.17, 15) is 4.79 Å². The lowest BCUT2D eigenvalue weighted by Crippen LogP contribution is -2.11. The van der Waals surface area contributed by atoms with E-state index >= 15 is 0 Å². The van der Waals surface area contributed by atoms with Gasteiger partial charge in [0, 0.05) is 22.9 Å². The fraction of sp³-hybridized carbons (Fsp3) is 0.138. The van der Waals surface area contributed by atoms with Gasteiger partial charge in [0.05, 0.1) is 11.0 Å². The van der Waals surface area contributed by atoms with Gasteiger partial charge in [-0.25, -0.2) is 0 Å². The van der Waals surface area contributed by atoms with Gasteiger partial charge in [0.1, 0.15) is 11.5 Å². The van der Waals surface area contributed by atoms with Gasteiger partial charge in [-0.15, -0.1) is 0 Å². The van der Waals surface area contributed by atoms with E-state index < -0.39 is 5.91 Å². The maximum Gasteiger partial charge on any atom is 0.249 e. The van der Waals surface area contributed by atoms with Gasteiger partial charge in [-0.2, -0.15) is 0 Å². The molecule has 0 unspecified atom stereocenters. The first-order valence-electron chi connectivity index (χ1n) is 11.1. The molecule has 1 heterocycles. The third-order valence-electron chi connectivity index (χ3n) is 5.97. The summed E-state index contributed by atoms with van der Waals surface area (Å²) >= 11 is 0. The summed E-state index contributed by atoms with van der Waals surface area (Å²) in [6, 6.07) is 31.2. The van der Waals surface area contributed by atoms with Crippen molar-refractivity contribution in [3.8, 4) is 11.5 Å². The summed E-state index contributed by atoms with van der Waals surface area (Å²) in [6.07, 6.45) is 0. The minimum absolute atomic E-state index is 0.371. The number of nitrogens with zero attached hydrogens (tertiary/aromatic N) is 1. The number of ether oxygens (including phenoxy) is 1. The number of benzene rings is 4. The molecule has 0 aliphatic heterocycles. The molecule has 0 saturated heterocycles. The first-order chi connectivity index (χ1) is 16.0. The number of carbonyl (C=O) groups excluding carboxylic acids is 1. The number of fused-ring (bicyclic) bond motifs is 3. The van der Waals surface area contributed by atoms with Gasteiger partial charge in [0.25, 0.3) is 0 Å². The number of rotatable bonds is 6. The van der Waals surface area contributed by atoms with E-state index in [1.54, 1.807) is 6.07 Å². The molecular weight excluding hydrogens is 408 g/mol. The van der Waals surface area contributed by atoms with Crippen LogP contribution in [0.25, 0.3) is 21.8 Å². The Hall–Kier alpha value is -4.05. The van der Waals surface area contributed by atoms with Crippen molar-refractivity contribution in [2.45, 2.75) is 26.3 Å². The second kappa shape index (κ2) is 8.47. The average Bonchev–Trinajstić information content (AvgIpc) is 3.13. The number of aromatic nitrogens is 1. The van der Waals surface area contributed by atoms with Crippen LogP contribution in [-0.4, -0.2) is 10.5 Å². The third-order valence-corrected chi connectivity index (χ3v) is 5.97. The monoisotopic (exact) mass is 433 g/mol. The Morgan fingerprint density at radius 1 is 0.939 bits per heavy atom. The highest BCUT2D eigenvalue weighted by atomic mass is 16.5. The molecule has 1 radical (unpaired) electrons. The molecule has 4 heteroatoms. The zero-order chi connectivity index (χ0) is 22.9. The molecule has 163 valence electrons. The van der Waals surface area contributed by atoms with Crippen molar-refractivity contribution < 1.29 is 9.53 Å². The Morgan fingerprint density at radius 2 is 1.70 bits per heavy atom. The molecule has 33 heavy (non-hydrogen) atoms. The summed E-state index contributed by atoms with van der Waals surface area (Å²) in [5, 5.41) is 1.77. The molecular formula is C29H25N2O2. The zero-order valence-corrected chi connectivity index (χ0v) is 18.7. The Balaban J connectivity index is 1.64. The highest BCUT2D eigenvalue weighted by Gasteiger charge is 2.18. The SMILES string of the molecule is CC(C)c1c[c]c2c3c(C(N)=O)cccc3n(Cc3cccc(Oc4ccccc4)c3)c2c1. The molecule has 2 N–H and O–H groups in total. The maximum atomic E-state index is 12.2. The Morgan fingerprint density at radius 3 is 2.45 bits per heavy atom. The summed E-state index contributed by atoms with van der Waals surface area (Å²) < 4.78 is 8.27. The number of amides is 1. The molecule has 0 aliphatic carbocycles. The average molecular weight is 434 g/mol. The van der Waals surface area contributed by atoms with Gasteiger partial charge >= 0.3 is 0 Å². The first kappa shape index (κ1) is 20.8. The fourth-order valence-electron chi connectivity index (χ4n) is 4.30. The predicted molar refractivity (Wildman–Crippen MR) is 133 cm³/mol. The number of hydrogen-bond donors (Lipinski definition) is 1. The van der Waals surface area contributed by atoms with Crippen LogP contribution in [-0.2, 0) is 6.54 Å². The largest absolute Gasteiger partial charge is 0.457 e. The number of para-hydroxylation sites is 1. The Labute approximate surface area is 193 Å². The predicted octanol–water partition coefficient (Wildman–Crippen LogP) is 6.66. The van der Waals surface area contributed by atoms with Crippen LogP contribution in [0, 0.1) is 6.07 Å². The quantitative estimate of drug-likeness (QED) is 0.326. The molecule has 0 aliphatic rings. The van der Waals surface area contributed by atoms with Crippen molar-refractivity contribution in [3.05, 3.63) is 108 Å². The Kier molecular flexibility index (Phi) is 5.35. The fourth-order valence-corrected chi connectivity index (χ4v) is 4.30. The van der Waals surface area contributed by atoms with Crippen LogP contribution in [0.3, 0.4) is 0 Å². The van der Waals surface area contributed by atoms with Crippen LogP contribution in [0.15, 0.2) is 84.9 Å². The third kappa shape index (κ3) is 3.96. The second-order valence-corrected chi connectivity index (χ2v) is 8.56. The summed E-state index contributed by atoms with van der Waals surface area (Å²) in [7, 11) is 0. The van der Waals surface area contributed by atoms with Gasteiger partial charge in [0.2, 0.25) is 5.91 Å². The van der Waals surface area contributed by atoms with Crippen molar-refractivity contribution >= 4 is 27.7 Å². The van der Waals surface area contributed by atoms with Gasteiger partial charge in [-0.3, -0.25) is 4.79 Å². The molecule has 0 atom stereocenters. The van der Waals surface area contributed by atoms with Crippen molar-refractivity contribution in [1.29, 1.82) is 0 Å². The number of carbonyl (C=O) groups is 1. The lowest BCUT2D eigenvalue weighted by molar-refractivity contribution is 0.100. The highest BCUT2D eigenvalue weighted by molar-refractivity contribution is 6.17. The van der Waals surface area contributed by atoms with Crippen molar-refractivity contribution in [2.75, 3.05) is 0 Å². The van der Waals surface area contributed by atoms with Crippen molar-refractivity contribution in [1.82, 2.24) is 4.57 Å². The van der Waals surface area contributed by atoms with E-state index in [0.29, 0.717) is 18.0 Å². The molecule has 5 aromatic rings. The standard InChI is InChI=1S/C29H25N2O2/c1-19(2)21-14-15-24-27(17-21)31(26-13-7-12-25(28(24)26)29(30)32)18-20-8-6-11-23(16-20)33-22-9-4-3-5-10-22/h3-14,16-17,19H,18H2,1-2H3,(H2,30,32). The highest BCUT2D eigenvalue weighted by Crippen LogP contribution is 2.34. The van der Waals surface area contributed by atoms with Crippen LogP contribution in [0.5, 0.6) is 11.5 Å². The van der Waals surface area contributed by atoms with Gasteiger partial charge in [0.15, 0.2) is 0 Å². The summed E-state index contributed by atoms with van der Waals surface area (Å²) in [5.74, 6) is 1.52. The second-order valence-electron chi connectivity index (χ2n) is 8.56. The molecule has 4 nitrogen and oxygen atoms in total. The zero-order valence-electron chi connectivity index (χ0n) is 18.7. The summed E-state index contributed by atoms with van der Waals surface area (Å²) in [5.41, 5.74) is 10.6. The lowest BCUT2D eigenvalue weighted by Gasteiger charge is -2.12. The number of primary amides is 1. The molecule has 0 bridgehead atoms.